The molecule has 2 heterocycles. The predicted octanol–water partition coefficient (Wildman–Crippen LogP) is 1.38. The zero-order chi connectivity index (χ0) is 6.97. The van der Waals surface area contributed by atoms with Gasteiger partial charge in [-0.15, -0.1) is 0 Å². The van der Waals surface area contributed by atoms with E-state index < -0.39 is 0 Å². The molecule has 2 aromatic rings. The molecular weight excluding hydrogens is 198 g/mol. The zero-order valence-corrected chi connectivity index (χ0v) is 6.37. The Hall–Kier alpha value is -0.970. The van der Waals surface area contributed by atoms with Crippen LogP contribution in [0, 0.1) is 0 Å². The second-order valence-electron chi connectivity index (χ2n) is 1.71. The molecule has 0 N–H and O–H groups in total. The summed E-state index contributed by atoms with van der Waals surface area (Å²) < 4.78 is 5.07. The topological polar surface area (TPSA) is 51.8 Å². The van der Waals surface area contributed by atoms with Crippen LogP contribution in [0.25, 0.3) is 11.1 Å². The number of hydrogen-bond donors (Lipinski definition) is 0. The van der Waals surface area contributed by atoms with Crippen LogP contribution in [0.1, 0.15) is 0 Å². The Bertz CT molecular complexity index is 325. The summed E-state index contributed by atoms with van der Waals surface area (Å²) >= 11 is 3.09. The van der Waals surface area contributed by atoms with Gasteiger partial charge in [-0.1, -0.05) is 0 Å². The molecule has 50 valence electrons. The molecule has 0 amide bonds. The van der Waals surface area contributed by atoms with Crippen molar-refractivity contribution in [3.05, 3.63) is 17.2 Å². The fourth-order valence-electron chi connectivity index (χ4n) is 0.674. The van der Waals surface area contributed by atoms with Gasteiger partial charge in [0.2, 0.25) is 0 Å². The summed E-state index contributed by atoms with van der Waals surface area (Å²) in [5.41, 5.74) is 1.35. The number of rotatable bonds is 0. The van der Waals surface area contributed by atoms with Crippen molar-refractivity contribution in [1.29, 1.82) is 0 Å². The van der Waals surface area contributed by atoms with Gasteiger partial charge in [-0.3, -0.25) is 0 Å². The van der Waals surface area contributed by atoms with Gasteiger partial charge in [0.25, 0.3) is 4.80 Å². The normalized spacial score (nSPS) is 10.5. The Morgan fingerprint density at radius 2 is 2.10 bits per heavy atom. The first-order valence-corrected chi connectivity index (χ1v) is 3.38. The lowest BCUT2D eigenvalue weighted by Gasteiger charge is -1.77. The summed E-state index contributed by atoms with van der Waals surface area (Å²) in [5.74, 6) is 0. The molecule has 2 aromatic heterocycles. The highest BCUT2D eigenvalue weighted by Crippen LogP contribution is 2.15. The van der Waals surface area contributed by atoms with Gasteiger partial charge >= 0.3 is 0 Å². The number of halogens is 1. The highest BCUT2D eigenvalue weighted by atomic mass is 79.9. The van der Waals surface area contributed by atoms with Crippen molar-refractivity contribution in [2.24, 2.45) is 0 Å². The van der Waals surface area contributed by atoms with Crippen molar-refractivity contribution in [2.45, 2.75) is 0 Å². The van der Waals surface area contributed by atoms with Gasteiger partial charge in [-0.05, 0) is 0 Å². The summed E-state index contributed by atoms with van der Waals surface area (Å²) in [5, 5.41) is 7.25. The molecule has 5 heteroatoms. The highest BCUT2D eigenvalue weighted by Gasteiger charge is 2.00. The van der Waals surface area contributed by atoms with Crippen LogP contribution in [0.3, 0.4) is 0 Å². The molecular formula is C5H2BrN3O. The number of fused-ring (bicyclic) bond motifs is 1. The van der Waals surface area contributed by atoms with Crippen molar-refractivity contribution in [3.63, 3.8) is 0 Å². The summed E-state index contributed by atoms with van der Waals surface area (Å²) in [4.78, 5) is 4.42. The Morgan fingerprint density at radius 3 is 2.90 bits per heavy atom. The molecule has 0 radical (unpaired) electrons. The predicted molar refractivity (Wildman–Crippen MR) is 37.3 cm³/mol. The molecule has 0 aromatic carbocycles. The Kier molecular flexibility index (Phi) is 1.17. The van der Waals surface area contributed by atoms with Crippen LogP contribution in [-0.2, 0) is 0 Å². The maximum Gasteiger partial charge on any atom is 0.265 e. The van der Waals surface area contributed by atoms with E-state index in [-0.39, 0.29) is 0 Å². The number of aromatic nitrogens is 3. The SMILES string of the molecule is Brc1nc2cnncc2o1. The summed E-state index contributed by atoms with van der Waals surface area (Å²) in [6.07, 6.45) is 3.07. The molecule has 0 aliphatic carbocycles. The smallest absolute Gasteiger partial charge is 0.265 e. The Morgan fingerprint density at radius 1 is 1.30 bits per heavy atom. The summed E-state index contributed by atoms with van der Waals surface area (Å²) in [6, 6.07) is 0. The molecule has 10 heavy (non-hydrogen) atoms. The molecule has 0 unspecified atom stereocenters. The van der Waals surface area contributed by atoms with Crippen molar-refractivity contribution in [2.75, 3.05) is 0 Å². The van der Waals surface area contributed by atoms with Crippen molar-refractivity contribution < 1.29 is 4.42 Å². The van der Waals surface area contributed by atoms with Crippen molar-refractivity contribution in [1.82, 2.24) is 15.2 Å². The minimum atomic E-state index is 0.456. The quantitative estimate of drug-likeness (QED) is 0.644. The van der Waals surface area contributed by atoms with Crippen LogP contribution < -0.4 is 0 Å². The van der Waals surface area contributed by atoms with Crippen LogP contribution >= 0.6 is 15.9 Å². The second kappa shape index (κ2) is 2.02. The Labute approximate surface area is 64.4 Å². The first-order chi connectivity index (χ1) is 4.86. The third kappa shape index (κ3) is 0.786. The largest absolute Gasteiger partial charge is 0.429 e. The number of nitrogens with zero attached hydrogens (tertiary/aromatic N) is 3. The molecule has 0 atom stereocenters. The molecule has 0 aliphatic heterocycles. The Balaban J connectivity index is 2.88. The van der Waals surface area contributed by atoms with Gasteiger partial charge in [-0.25, -0.2) is 4.98 Å². The fraction of sp³-hybridized carbons (Fsp3) is 0. The first kappa shape index (κ1) is 5.79. The van der Waals surface area contributed by atoms with E-state index in [0.717, 1.165) is 0 Å². The average Bonchev–Trinajstić information content (AvgIpc) is 2.27. The van der Waals surface area contributed by atoms with E-state index in [2.05, 4.69) is 31.1 Å². The van der Waals surface area contributed by atoms with Crippen molar-refractivity contribution >= 4 is 27.0 Å². The standard InChI is InChI=1S/C5H2BrN3O/c6-5-9-3-1-7-8-2-4(3)10-5/h1-2H. The number of oxazole rings is 1. The maximum atomic E-state index is 5.07. The second-order valence-corrected chi connectivity index (χ2v) is 2.38. The molecule has 0 saturated heterocycles. The van der Waals surface area contributed by atoms with E-state index in [1.54, 1.807) is 6.20 Å². The third-order valence-corrected chi connectivity index (χ3v) is 1.42. The van der Waals surface area contributed by atoms with Crippen LogP contribution in [-0.4, -0.2) is 15.2 Å². The van der Waals surface area contributed by atoms with Gasteiger partial charge in [0, 0.05) is 15.9 Å². The van der Waals surface area contributed by atoms with Crippen LogP contribution in [0.4, 0.5) is 0 Å². The molecule has 0 spiro atoms. The average molecular weight is 200 g/mol. The number of hydrogen-bond acceptors (Lipinski definition) is 4. The molecule has 0 saturated carbocycles. The van der Waals surface area contributed by atoms with E-state index in [4.69, 9.17) is 4.42 Å². The van der Waals surface area contributed by atoms with Crippen molar-refractivity contribution in [3.8, 4) is 0 Å². The molecule has 4 nitrogen and oxygen atoms in total. The highest BCUT2D eigenvalue weighted by molar-refractivity contribution is 9.10. The lowest BCUT2D eigenvalue weighted by atomic mass is 10.5. The lowest BCUT2D eigenvalue weighted by Crippen LogP contribution is -1.75. The first-order valence-electron chi connectivity index (χ1n) is 2.59. The van der Waals surface area contributed by atoms with E-state index in [9.17, 15) is 0 Å². The molecule has 0 aliphatic rings. The molecule has 2 rings (SSSR count). The molecule has 0 fully saturated rings. The maximum absolute atomic E-state index is 5.07. The van der Waals surface area contributed by atoms with E-state index >= 15 is 0 Å². The van der Waals surface area contributed by atoms with Gasteiger partial charge in [-0.2, -0.15) is 10.2 Å². The molecule has 0 bridgehead atoms. The fourth-order valence-corrected chi connectivity index (χ4v) is 1.04. The minimum Gasteiger partial charge on any atom is -0.429 e. The van der Waals surface area contributed by atoms with Gasteiger partial charge in [0.05, 0.1) is 12.4 Å². The third-order valence-electron chi connectivity index (χ3n) is 1.08. The van der Waals surface area contributed by atoms with Crippen LogP contribution in [0.2, 0.25) is 0 Å². The van der Waals surface area contributed by atoms with E-state index in [1.165, 1.54) is 6.20 Å². The van der Waals surface area contributed by atoms with Crippen LogP contribution in [0.5, 0.6) is 0 Å². The lowest BCUT2D eigenvalue weighted by molar-refractivity contribution is 0.568. The zero-order valence-electron chi connectivity index (χ0n) is 4.78. The monoisotopic (exact) mass is 199 g/mol. The van der Waals surface area contributed by atoms with Gasteiger partial charge in [0.15, 0.2) is 5.58 Å². The van der Waals surface area contributed by atoms with Gasteiger partial charge < -0.3 is 4.42 Å². The summed E-state index contributed by atoms with van der Waals surface area (Å²) in [6.45, 7) is 0. The van der Waals surface area contributed by atoms with E-state index in [0.29, 0.717) is 15.9 Å². The van der Waals surface area contributed by atoms with Gasteiger partial charge in [0.1, 0.15) is 5.52 Å². The van der Waals surface area contributed by atoms with Crippen LogP contribution in [0.15, 0.2) is 21.6 Å². The summed E-state index contributed by atoms with van der Waals surface area (Å²) in [7, 11) is 0. The van der Waals surface area contributed by atoms with E-state index in [1.807, 2.05) is 0 Å². The minimum absolute atomic E-state index is 0.456.